The predicted molar refractivity (Wildman–Crippen MR) is 99.7 cm³/mol. The molecular weight excluding hydrogens is 338 g/mol. The summed E-state index contributed by atoms with van der Waals surface area (Å²) in [4.78, 5) is 9.00. The number of benzene rings is 1. The molecule has 3 rings (SSSR count). The van der Waals surface area contributed by atoms with Crippen molar-refractivity contribution in [3.05, 3.63) is 47.3 Å². The van der Waals surface area contributed by atoms with Gasteiger partial charge >= 0.3 is 0 Å². The molecule has 6 nitrogen and oxygen atoms in total. The SMILES string of the molecule is CCNC(=NCCc1nc(-c2ccc(Cl)cc2)no1)NC1CC=CC1. The molecule has 0 radical (unpaired) electrons. The number of nitrogens with one attached hydrogen (secondary N) is 2. The number of hydrogen-bond acceptors (Lipinski definition) is 4. The van der Waals surface area contributed by atoms with Gasteiger partial charge in [-0.2, -0.15) is 4.98 Å². The number of aromatic nitrogens is 2. The third kappa shape index (κ3) is 5.06. The standard InChI is InChI=1S/C18H22ClN5O/c1-2-20-18(22-15-5-3-4-6-15)21-12-11-16-23-17(24-25-16)13-7-9-14(19)10-8-13/h3-4,7-10,15H,2,5-6,11-12H2,1H3,(H2,20,21,22). The van der Waals surface area contributed by atoms with Gasteiger partial charge in [-0.1, -0.05) is 28.9 Å². The average molecular weight is 360 g/mol. The third-order valence-electron chi connectivity index (χ3n) is 3.86. The van der Waals surface area contributed by atoms with Gasteiger partial charge < -0.3 is 15.2 Å². The van der Waals surface area contributed by atoms with Crippen LogP contribution in [0, 0.1) is 0 Å². The highest BCUT2D eigenvalue weighted by Gasteiger charge is 2.12. The molecule has 0 saturated heterocycles. The Morgan fingerprint density at radius 1 is 1.28 bits per heavy atom. The molecule has 7 heteroatoms. The van der Waals surface area contributed by atoms with Gasteiger partial charge in [-0.15, -0.1) is 0 Å². The third-order valence-corrected chi connectivity index (χ3v) is 4.11. The first kappa shape index (κ1) is 17.5. The predicted octanol–water partition coefficient (Wildman–Crippen LogP) is 3.21. The van der Waals surface area contributed by atoms with Gasteiger partial charge in [0.05, 0.1) is 6.54 Å². The van der Waals surface area contributed by atoms with E-state index < -0.39 is 0 Å². The van der Waals surface area contributed by atoms with E-state index in [4.69, 9.17) is 16.1 Å². The van der Waals surface area contributed by atoms with Crippen LogP contribution < -0.4 is 10.6 Å². The van der Waals surface area contributed by atoms with Crippen LogP contribution in [0.2, 0.25) is 5.02 Å². The van der Waals surface area contributed by atoms with Crippen LogP contribution in [-0.2, 0) is 6.42 Å². The molecule has 1 aromatic heterocycles. The summed E-state index contributed by atoms with van der Waals surface area (Å²) in [6, 6.07) is 7.79. The normalized spacial score (nSPS) is 14.9. The second kappa shape index (κ2) is 8.67. The second-order valence-electron chi connectivity index (χ2n) is 5.81. The molecule has 0 atom stereocenters. The summed E-state index contributed by atoms with van der Waals surface area (Å²) >= 11 is 5.89. The molecule has 132 valence electrons. The van der Waals surface area contributed by atoms with Crippen molar-refractivity contribution in [1.82, 2.24) is 20.8 Å². The first-order valence-electron chi connectivity index (χ1n) is 8.53. The summed E-state index contributed by atoms with van der Waals surface area (Å²) in [5.74, 6) is 1.97. The van der Waals surface area contributed by atoms with E-state index in [1.54, 1.807) is 0 Å². The number of aliphatic imine (C=N–C) groups is 1. The van der Waals surface area contributed by atoms with Gasteiger partial charge in [0.15, 0.2) is 5.96 Å². The van der Waals surface area contributed by atoms with Gasteiger partial charge in [-0.3, -0.25) is 4.99 Å². The number of guanidine groups is 1. The van der Waals surface area contributed by atoms with Crippen LogP contribution in [0.15, 0.2) is 45.9 Å². The lowest BCUT2D eigenvalue weighted by Gasteiger charge is -2.16. The fraction of sp³-hybridized carbons (Fsp3) is 0.389. The van der Waals surface area contributed by atoms with Crippen molar-refractivity contribution in [2.75, 3.05) is 13.1 Å². The van der Waals surface area contributed by atoms with E-state index in [1.807, 2.05) is 24.3 Å². The molecular formula is C18H22ClN5O. The lowest BCUT2D eigenvalue weighted by atomic mass is 10.2. The van der Waals surface area contributed by atoms with E-state index >= 15 is 0 Å². The molecule has 2 aromatic rings. The molecule has 0 saturated carbocycles. The number of halogens is 1. The summed E-state index contributed by atoms with van der Waals surface area (Å²) in [6.45, 7) is 3.46. The molecule has 0 spiro atoms. The van der Waals surface area contributed by atoms with Crippen molar-refractivity contribution in [2.24, 2.45) is 4.99 Å². The number of nitrogens with zero attached hydrogens (tertiary/aromatic N) is 3. The highest BCUT2D eigenvalue weighted by molar-refractivity contribution is 6.30. The smallest absolute Gasteiger partial charge is 0.228 e. The summed E-state index contributed by atoms with van der Waals surface area (Å²) in [6.07, 6.45) is 7.06. The molecule has 2 N–H and O–H groups in total. The lowest BCUT2D eigenvalue weighted by molar-refractivity contribution is 0.380. The molecule has 25 heavy (non-hydrogen) atoms. The zero-order chi connectivity index (χ0) is 17.5. The second-order valence-corrected chi connectivity index (χ2v) is 6.25. The van der Waals surface area contributed by atoms with Gasteiger partial charge in [-0.25, -0.2) is 0 Å². The van der Waals surface area contributed by atoms with Gasteiger partial charge in [0.1, 0.15) is 0 Å². The maximum Gasteiger partial charge on any atom is 0.228 e. The highest BCUT2D eigenvalue weighted by atomic mass is 35.5. The van der Waals surface area contributed by atoms with Crippen LogP contribution in [-0.4, -0.2) is 35.2 Å². The van der Waals surface area contributed by atoms with Gasteiger partial charge in [0, 0.05) is 29.6 Å². The summed E-state index contributed by atoms with van der Waals surface area (Å²) in [7, 11) is 0. The zero-order valence-electron chi connectivity index (χ0n) is 14.2. The van der Waals surface area contributed by atoms with Crippen molar-refractivity contribution >= 4 is 17.6 Å². The Kier molecular flexibility index (Phi) is 6.06. The molecule has 0 aliphatic heterocycles. The quantitative estimate of drug-likeness (QED) is 0.470. The van der Waals surface area contributed by atoms with Crippen molar-refractivity contribution in [3.8, 4) is 11.4 Å². The van der Waals surface area contributed by atoms with Crippen LogP contribution >= 0.6 is 11.6 Å². The van der Waals surface area contributed by atoms with Crippen molar-refractivity contribution < 1.29 is 4.52 Å². The highest BCUT2D eigenvalue weighted by Crippen LogP contribution is 2.18. The Morgan fingerprint density at radius 3 is 2.76 bits per heavy atom. The molecule has 0 unspecified atom stereocenters. The van der Waals surface area contributed by atoms with E-state index in [2.05, 4.69) is 44.8 Å². The molecule has 1 aromatic carbocycles. The molecule has 0 bridgehead atoms. The Bertz CT molecular complexity index is 730. The summed E-state index contributed by atoms with van der Waals surface area (Å²) in [5.41, 5.74) is 0.881. The molecule has 0 fully saturated rings. The number of hydrogen-bond donors (Lipinski definition) is 2. The minimum atomic E-state index is 0.428. The fourth-order valence-electron chi connectivity index (χ4n) is 2.58. The monoisotopic (exact) mass is 359 g/mol. The van der Waals surface area contributed by atoms with Crippen molar-refractivity contribution in [3.63, 3.8) is 0 Å². The summed E-state index contributed by atoms with van der Waals surface area (Å²) < 4.78 is 5.31. The van der Waals surface area contributed by atoms with E-state index in [-0.39, 0.29) is 0 Å². The number of rotatable bonds is 6. The zero-order valence-corrected chi connectivity index (χ0v) is 15.0. The molecule has 1 heterocycles. The van der Waals surface area contributed by atoms with E-state index in [0.717, 1.165) is 30.9 Å². The maximum atomic E-state index is 5.89. The van der Waals surface area contributed by atoms with Crippen LogP contribution in [0.1, 0.15) is 25.7 Å². The van der Waals surface area contributed by atoms with Crippen LogP contribution in [0.3, 0.4) is 0 Å². The Hall–Kier alpha value is -2.34. The minimum absolute atomic E-state index is 0.428. The largest absolute Gasteiger partial charge is 0.357 e. The van der Waals surface area contributed by atoms with Crippen molar-refractivity contribution in [1.29, 1.82) is 0 Å². The topological polar surface area (TPSA) is 75.3 Å². The van der Waals surface area contributed by atoms with Crippen LogP contribution in [0.4, 0.5) is 0 Å². The van der Waals surface area contributed by atoms with Gasteiger partial charge in [-0.05, 0) is 44.0 Å². The van der Waals surface area contributed by atoms with Crippen molar-refractivity contribution in [2.45, 2.75) is 32.2 Å². The first-order chi connectivity index (χ1) is 12.2. The van der Waals surface area contributed by atoms with E-state index in [9.17, 15) is 0 Å². The molecule has 1 aliphatic rings. The minimum Gasteiger partial charge on any atom is -0.357 e. The lowest BCUT2D eigenvalue weighted by Crippen LogP contribution is -2.42. The Balaban J connectivity index is 1.55. The van der Waals surface area contributed by atoms with Gasteiger partial charge in [0.2, 0.25) is 11.7 Å². The molecule has 0 amide bonds. The van der Waals surface area contributed by atoms with Crippen LogP contribution in [0.5, 0.6) is 0 Å². The van der Waals surface area contributed by atoms with E-state index in [0.29, 0.717) is 35.7 Å². The maximum absolute atomic E-state index is 5.89. The fourth-order valence-corrected chi connectivity index (χ4v) is 2.71. The van der Waals surface area contributed by atoms with Gasteiger partial charge in [0.25, 0.3) is 0 Å². The summed E-state index contributed by atoms with van der Waals surface area (Å²) in [5, 5.41) is 11.4. The van der Waals surface area contributed by atoms with Crippen LogP contribution in [0.25, 0.3) is 11.4 Å². The first-order valence-corrected chi connectivity index (χ1v) is 8.90. The Morgan fingerprint density at radius 2 is 2.04 bits per heavy atom. The Labute approximate surface area is 152 Å². The molecule has 1 aliphatic carbocycles. The average Bonchev–Trinajstić information content (AvgIpc) is 3.28. The van der Waals surface area contributed by atoms with E-state index in [1.165, 1.54) is 0 Å².